The van der Waals surface area contributed by atoms with E-state index in [1.54, 1.807) is 12.1 Å². The van der Waals surface area contributed by atoms with E-state index in [9.17, 15) is 29.4 Å². The fourth-order valence-corrected chi connectivity index (χ4v) is 4.18. The summed E-state index contributed by atoms with van der Waals surface area (Å²) in [7, 11) is 0. The third kappa shape index (κ3) is 10.0. The maximum absolute atomic E-state index is 13.3. The zero-order valence-electron chi connectivity index (χ0n) is 23.6. The van der Waals surface area contributed by atoms with Crippen molar-refractivity contribution in [1.29, 1.82) is 0 Å². The van der Waals surface area contributed by atoms with Gasteiger partial charge >= 0.3 is 5.97 Å². The molecule has 7 N–H and O–H groups in total. The minimum Gasteiger partial charge on any atom is -0.508 e. The number of hydrogen-bond acceptors (Lipinski definition) is 8. The molecule has 0 aliphatic rings. The SMILES string of the molecule is CC(C)C[C@H](NC(=O)[C@H](Cc1ccccc1)n1cc(CNC(=O)CNC(=O)[C@@H](N)Cc2ccc(O)cc2)nn1)C(=O)O. The smallest absolute Gasteiger partial charge is 0.326 e. The quantitative estimate of drug-likeness (QED) is 0.150. The van der Waals surface area contributed by atoms with Gasteiger partial charge in [-0.15, -0.1) is 5.10 Å². The monoisotopic (exact) mass is 579 g/mol. The van der Waals surface area contributed by atoms with Gasteiger partial charge in [-0.05, 0) is 42.0 Å². The lowest BCUT2D eigenvalue weighted by molar-refractivity contribution is -0.142. The van der Waals surface area contributed by atoms with Crippen molar-refractivity contribution in [3.63, 3.8) is 0 Å². The molecule has 1 aromatic heterocycles. The fraction of sp³-hybridized carbons (Fsp3) is 0.379. The van der Waals surface area contributed by atoms with E-state index in [0.717, 1.165) is 11.1 Å². The number of carbonyl (C=O) groups excluding carboxylic acids is 3. The Morgan fingerprint density at radius 1 is 0.929 bits per heavy atom. The Hall–Kier alpha value is -4.78. The standard InChI is InChI=1S/C29H37N7O6/c1-18(2)12-24(29(41)42)33-28(40)25(14-19-6-4-3-5-7-19)36-17-21(34-35-36)15-31-26(38)16-32-27(39)23(30)13-20-8-10-22(37)11-9-20/h3-11,17-18,23-25,37H,12-16,30H2,1-2H3,(H,31,38)(H,32,39)(H,33,40)(H,41,42)/t23-,24-,25-/m0/s1. The molecule has 42 heavy (non-hydrogen) atoms. The van der Waals surface area contributed by atoms with Gasteiger partial charge in [-0.25, -0.2) is 9.48 Å². The van der Waals surface area contributed by atoms with Crippen LogP contribution in [0, 0.1) is 5.92 Å². The number of benzene rings is 2. The average molecular weight is 580 g/mol. The number of aromatic nitrogens is 3. The molecule has 0 radical (unpaired) electrons. The molecular formula is C29H37N7O6. The molecule has 3 amide bonds. The van der Waals surface area contributed by atoms with Gasteiger partial charge in [-0.3, -0.25) is 14.4 Å². The molecule has 3 aromatic rings. The number of nitrogens with zero attached hydrogens (tertiary/aromatic N) is 3. The Morgan fingerprint density at radius 3 is 2.24 bits per heavy atom. The van der Waals surface area contributed by atoms with Crippen LogP contribution in [0.5, 0.6) is 5.75 Å². The van der Waals surface area contributed by atoms with Crippen LogP contribution in [0.1, 0.15) is 43.1 Å². The maximum Gasteiger partial charge on any atom is 0.326 e. The van der Waals surface area contributed by atoms with Gasteiger partial charge < -0.3 is 31.9 Å². The van der Waals surface area contributed by atoms with Crippen LogP contribution < -0.4 is 21.7 Å². The van der Waals surface area contributed by atoms with Crippen molar-refractivity contribution in [2.75, 3.05) is 6.54 Å². The van der Waals surface area contributed by atoms with Crippen molar-refractivity contribution in [3.8, 4) is 5.75 Å². The normalized spacial score (nSPS) is 13.1. The summed E-state index contributed by atoms with van der Waals surface area (Å²) in [4.78, 5) is 49.6. The third-order valence-corrected chi connectivity index (χ3v) is 6.39. The van der Waals surface area contributed by atoms with Gasteiger partial charge in [0.05, 0.1) is 25.3 Å². The van der Waals surface area contributed by atoms with Crippen molar-refractivity contribution in [1.82, 2.24) is 30.9 Å². The summed E-state index contributed by atoms with van der Waals surface area (Å²) in [5.41, 5.74) is 7.90. The highest BCUT2D eigenvalue weighted by Gasteiger charge is 2.28. The molecule has 13 heteroatoms. The molecule has 0 saturated carbocycles. The lowest BCUT2D eigenvalue weighted by Crippen LogP contribution is -2.45. The number of carbonyl (C=O) groups is 4. The molecule has 0 saturated heterocycles. The zero-order valence-corrected chi connectivity index (χ0v) is 23.6. The molecule has 2 aromatic carbocycles. The minimum absolute atomic E-state index is 0.0148. The van der Waals surface area contributed by atoms with Gasteiger partial charge in [0.15, 0.2) is 0 Å². The van der Waals surface area contributed by atoms with Gasteiger partial charge in [0.25, 0.3) is 0 Å². The molecule has 3 atom stereocenters. The summed E-state index contributed by atoms with van der Waals surface area (Å²) < 4.78 is 1.35. The number of carboxylic acids is 1. The predicted octanol–water partition coefficient (Wildman–Crippen LogP) is 0.685. The molecule has 0 fully saturated rings. The van der Waals surface area contributed by atoms with E-state index in [0.29, 0.717) is 5.69 Å². The number of phenols is 1. The van der Waals surface area contributed by atoms with Crippen molar-refractivity contribution < 1.29 is 29.4 Å². The Kier molecular flexibility index (Phi) is 11.6. The molecule has 0 spiro atoms. The molecule has 0 bridgehead atoms. The summed E-state index contributed by atoms with van der Waals surface area (Å²) in [6.45, 7) is 3.43. The maximum atomic E-state index is 13.3. The first-order chi connectivity index (χ1) is 20.0. The average Bonchev–Trinajstić information content (AvgIpc) is 3.43. The van der Waals surface area contributed by atoms with E-state index in [4.69, 9.17) is 5.73 Å². The second-order valence-corrected chi connectivity index (χ2v) is 10.4. The fourth-order valence-electron chi connectivity index (χ4n) is 4.18. The second kappa shape index (κ2) is 15.3. The van der Waals surface area contributed by atoms with Crippen LogP contribution >= 0.6 is 0 Å². The molecule has 224 valence electrons. The van der Waals surface area contributed by atoms with Crippen LogP contribution in [0.25, 0.3) is 0 Å². The number of phenolic OH excluding ortho intramolecular Hbond substituents is 1. The second-order valence-electron chi connectivity index (χ2n) is 10.4. The van der Waals surface area contributed by atoms with Gasteiger partial charge in [0.2, 0.25) is 17.7 Å². The van der Waals surface area contributed by atoms with Crippen LogP contribution in [0.15, 0.2) is 60.8 Å². The Balaban J connectivity index is 1.57. The first-order valence-corrected chi connectivity index (χ1v) is 13.6. The molecular weight excluding hydrogens is 542 g/mol. The molecule has 0 unspecified atom stereocenters. The molecule has 0 aliphatic carbocycles. The number of nitrogens with one attached hydrogen (secondary N) is 3. The third-order valence-electron chi connectivity index (χ3n) is 6.39. The Bertz CT molecular complexity index is 1340. The van der Waals surface area contributed by atoms with E-state index < -0.39 is 41.8 Å². The van der Waals surface area contributed by atoms with Crippen molar-refractivity contribution in [2.45, 2.75) is 57.8 Å². The van der Waals surface area contributed by atoms with E-state index in [1.165, 1.54) is 23.0 Å². The number of carboxylic acid groups (broad SMARTS) is 1. The van der Waals surface area contributed by atoms with Gasteiger partial charge in [-0.2, -0.15) is 0 Å². The van der Waals surface area contributed by atoms with Crippen LogP contribution in [-0.4, -0.2) is 67.5 Å². The lowest BCUT2D eigenvalue weighted by Gasteiger charge is -2.21. The van der Waals surface area contributed by atoms with Crippen LogP contribution in [-0.2, 0) is 38.6 Å². The van der Waals surface area contributed by atoms with E-state index in [1.807, 2.05) is 44.2 Å². The van der Waals surface area contributed by atoms with E-state index in [-0.39, 0.29) is 44.0 Å². The van der Waals surface area contributed by atoms with E-state index >= 15 is 0 Å². The minimum atomic E-state index is -1.12. The number of amides is 3. The number of rotatable bonds is 15. The van der Waals surface area contributed by atoms with E-state index in [2.05, 4.69) is 26.3 Å². The predicted molar refractivity (Wildman–Crippen MR) is 153 cm³/mol. The van der Waals surface area contributed by atoms with Gasteiger partial charge in [0.1, 0.15) is 23.5 Å². The molecule has 0 aliphatic heterocycles. The highest BCUT2D eigenvalue weighted by molar-refractivity contribution is 5.87. The van der Waals surface area contributed by atoms with Crippen LogP contribution in [0.3, 0.4) is 0 Å². The summed E-state index contributed by atoms with van der Waals surface area (Å²) in [5.74, 6) is -2.45. The summed E-state index contributed by atoms with van der Waals surface area (Å²) in [6, 6.07) is 12.7. The number of nitrogens with two attached hydrogens (primary N) is 1. The summed E-state index contributed by atoms with van der Waals surface area (Å²) in [6.07, 6.45) is 2.26. The number of aliphatic carboxylic acids is 1. The topological polar surface area (TPSA) is 202 Å². The first-order valence-electron chi connectivity index (χ1n) is 13.6. The summed E-state index contributed by atoms with van der Waals surface area (Å²) >= 11 is 0. The zero-order chi connectivity index (χ0) is 30.6. The number of hydrogen-bond donors (Lipinski definition) is 6. The molecule has 1 heterocycles. The Labute approximate surface area is 243 Å². The largest absolute Gasteiger partial charge is 0.508 e. The molecule has 13 nitrogen and oxygen atoms in total. The first kappa shape index (κ1) is 31.7. The molecule has 3 rings (SSSR count). The van der Waals surface area contributed by atoms with Gasteiger partial charge in [-0.1, -0.05) is 61.5 Å². The highest BCUT2D eigenvalue weighted by atomic mass is 16.4. The Morgan fingerprint density at radius 2 is 1.60 bits per heavy atom. The van der Waals surface area contributed by atoms with Gasteiger partial charge in [0, 0.05) is 6.42 Å². The van der Waals surface area contributed by atoms with Crippen LogP contribution in [0.4, 0.5) is 0 Å². The number of aromatic hydroxyl groups is 1. The van der Waals surface area contributed by atoms with Crippen molar-refractivity contribution in [2.24, 2.45) is 11.7 Å². The summed E-state index contributed by atoms with van der Waals surface area (Å²) in [5, 5.41) is 34.8. The van der Waals surface area contributed by atoms with Crippen LogP contribution in [0.2, 0.25) is 0 Å². The van der Waals surface area contributed by atoms with Crippen molar-refractivity contribution >= 4 is 23.7 Å². The van der Waals surface area contributed by atoms with Crippen molar-refractivity contribution in [3.05, 3.63) is 77.6 Å². The lowest BCUT2D eigenvalue weighted by atomic mass is 10.0. The highest BCUT2D eigenvalue weighted by Crippen LogP contribution is 2.16.